The summed E-state index contributed by atoms with van der Waals surface area (Å²) in [5.74, 6) is -0.454. The van der Waals surface area contributed by atoms with Crippen LogP contribution in [0.25, 0.3) is 0 Å². The molecule has 0 aliphatic carbocycles. The fraction of sp³-hybridized carbons (Fsp3) is 0.350. The third kappa shape index (κ3) is 3.37. The summed E-state index contributed by atoms with van der Waals surface area (Å²) in [7, 11) is 1.23. The molecule has 1 aromatic heterocycles. The molecule has 1 atom stereocenters. The van der Waals surface area contributed by atoms with Crippen LogP contribution in [0.2, 0.25) is 0 Å². The van der Waals surface area contributed by atoms with Crippen LogP contribution in [0, 0.1) is 5.82 Å². The van der Waals surface area contributed by atoms with E-state index in [0.717, 1.165) is 31.9 Å². The van der Waals surface area contributed by atoms with Crippen molar-refractivity contribution in [2.45, 2.75) is 25.3 Å². The first-order valence-corrected chi connectivity index (χ1v) is 9.17. The summed E-state index contributed by atoms with van der Waals surface area (Å²) in [6.07, 6.45) is 4.65. The Balaban J connectivity index is 1.47. The maximum absolute atomic E-state index is 14.2. The van der Waals surface area contributed by atoms with Gasteiger partial charge in [-0.25, -0.2) is 19.0 Å². The number of benzene rings is 1. The van der Waals surface area contributed by atoms with E-state index < -0.39 is 11.8 Å². The number of pyridine rings is 1. The topological polar surface area (TPSA) is 72.0 Å². The van der Waals surface area contributed by atoms with Gasteiger partial charge in [0.05, 0.1) is 24.9 Å². The van der Waals surface area contributed by atoms with Crippen molar-refractivity contribution in [3.05, 3.63) is 47.9 Å². The Bertz CT molecular complexity index is 903. The fourth-order valence-electron chi connectivity index (χ4n) is 3.63. The lowest BCUT2D eigenvalue weighted by Gasteiger charge is -2.27. The van der Waals surface area contributed by atoms with E-state index in [1.54, 1.807) is 17.0 Å². The van der Waals surface area contributed by atoms with E-state index >= 15 is 0 Å². The molecule has 2 aromatic rings. The molecule has 7 nitrogen and oxygen atoms in total. The highest BCUT2D eigenvalue weighted by Crippen LogP contribution is 2.30. The number of halogens is 1. The number of hydrogen-bond donors (Lipinski definition) is 0. The number of rotatable bonds is 4. The van der Waals surface area contributed by atoms with Gasteiger partial charge in [-0.3, -0.25) is 4.90 Å². The Morgan fingerprint density at radius 2 is 2.11 bits per heavy atom. The highest BCUT2D eigenvalue weighted by Gasteiger charge is 2.39. The number of fused-ring (bicyclic) bond motifs is 1. The Labute approximate surface area is 161 Å². The van der Waals surface area contributed by atoms with Gasteiger partial charge in [-0.05, 0) is 49.6 Å². The van der Waals surface area contributed by atoms with Crippen LogP contribution in [0.1, 0.15) is 29.6 Å². The number of anilines is 1. The van der Waals surface area contributed by atoms with Crippen molar-refractivity contribution in [2.75, 3.05) is 25.1 Å². The minimum Gasteiger partial charge on any atom is -0.465 e. The number of carbonyl (C=O) groups excluding carboxylic acids is 2. The molecule has 3 heterocycles. The number of piperidine rings is 1. The molecule has 0 spiro atoms. The number of ether oxygens (including phenoxy) is 2. The Kier molecular flexibility index (Phi) is 4.85. The van der Waals surface area contributed by atoms with Crippen molar-refractivity contribution >= 4 is 17.8 Å². The molecule has 0 unspecified atom stereocenters. The molecule has 2 saturated heterocycles. The van der Waals surface area contributed by atoms with Crippen LogP contribution in [-0.4, -0.2) is 48.1 Å². The van der Waals surface area contributed by atoms with Crippen LogP contribution in [0.15, 0.2) is 36.5 Å². The lowest BCUT2D eigenvalue weighted by Crippen LogP contribution is -2.38. The zero-order valence-corrected chi connectivity index (χ0v) is 15.4. The van der Waals surface area contributed by atoms with E-state index in [-0.39, 0.29) is 23.4 Å². The smallest absolute Gasteiger partial charge is 0.337 e. The number of amides is 2. The van der Waals surface area contributed by atoms with Gasteiger partial charge < -0.3 is 14.4 Å². The Hall–Kier alpha value is -3.16. The van der Waals surface area contributed by atoms with E-state index in [4.69, 9.17) is 4.74 Å². The van der Waals surface area contributed by atoms with Crippen LogP contribution in [0.5, 0.6) is 11.5 Å². The molecule has 2 fully saturated rings. The first kappa shape index (κ1) is 18.2. The maximum atomic E-state index is 14.2. The van der Waals surface area contributed by atoms with Crippen molar-refractivity contribution in [1.82, 2.24) is 9.88 Å². The van der Waals surface area contributed by atoms with Gasteiger partial charge in [0.2, 0.25) is 0 Å². The number of aromatic nitrogens is 1. The highest BCUT2D eigenvalue weighted by atomic mass is 19.1. The van der Waals surface area contributed by atoms with Crippen molar-refractivity contribution in [1.29, 1.82) is 0 Å². The number of urea groups is 1. The number of hydrogen-bond acceptors (Lipinski definition) is 5. The highest BCUT2D eigenvalue weighted by molar-refractivity contribution is 5.93. The minimum absolute atomic E-state index is 0.0182. The molecule has 2 amide bonds. The van der Waals surface area contributed by atoms with Gasteiger partial charge in [-0.2, -0.15) is 0 Å². The third-order valence-electron chi connectivity index (χ3n) is 5.08. The molecule has 2 aliphatic heterocycles. The second kappa shape index (κ2) is 7.46. The van der Waals surface area contributed by atoms with E-state index in [9.17, 15) is 14.0 Å². The maximum Gasteiger partial charge on any atom is 0.337 e. The minimum atomic E-state index is -0.682. The Morgan fingerprint density at radius 1 is 1.25 bits per heavy atom. The van der Waals surface area contributed by atoms with Gasteiger partial charge >= 0.3 is 12.0 Å². The van der Waals surface area contributed by atoms with Crippen LogP contribution < -0.4 is 9.64 Å². The standard InChI is InChI=1S/C20H20FN3O4/c1-27-19(25)13-5-7-17(16(21)10-13)28-15-6-8-18(22-11-15)24-12-14-4-2-3-9-23(14)20(24)26/h5-8,10-11,14H,2-4,9,12H2,1H3/t14-/m0/s1. The lowest BCUT2D eigenvalue weighted by atomic mass is 10.0. The summed E-state index contributed by atoms with van der Waals surface area (Å²) in [6, 6.07) is 7.40. The predicted octanol–water partition coefficient (Wildman–Crippen LogP) is 3.59. The molecule has 0 N–H and O–H groups in total. The summed E-state index contributed by atoms with van der Waals surface area (Å²) in [6.45, 7) is 1.43. The van der Waals surface area contributed by atoms with E-state index in [0.29, 0.717) is 18.1 Å². The summed E-state index contributed by atoms with van der Waals surface area (Å²) < 4.78 is 24.2. The normalized spacial score (nSPS) is 18.8. The molecule has 0 radical (unpaired) electrons. The second-order valence-corrected chi connectivity index (χ2v) is 6.83. The van der Waals surface area contributed by atoms with E-state index in [1.165, 1.54) is 25.4 Å². The van der Waals surface area contributed by atoms with E-state index in [1.807, 2.05) is 4.90 Å². The molecule has 28 heavy (non-hydrogen) atoms. The molecule has 146 valence electrons. The quantitative estimate of drug-likeness (QED) is 0.752. The Morgan fingerprint density at radius 3 is 2.79 bits per heavy atom. The van der Waals surface area contributed by atoms with Gasteiger partial charge in [-0.1, -0.05) is 0 Å². The van der Waals surface area contributed by atoms with Gasteiger partial charge in [-0.15, -0.1) is 0 Å². The molecule has 4 rings (SSSR count). The molecule has 0 bridgehead atoms. The van der Waals surface area contributed by atoms with Crippen LogP contribution >= 0.6 is 0 Å². The summed E-state index contributed by atoms with van der Waals surface area (Å²) in [5, 5.41) is 0. The zero-order valence-electron chi connectivity index (χ0n) is 15.4. The predicted molar refractivity (Wildman–Crippen MR) is 99.1 cm³/mol. The van der Waals surface area contributed by atoms with Crippen LogP contribution in [-0.2, 0) is 4.74 Å². The first-order valence-electron chi connectivity index (χ1n) is 9.17. The number of nitrogens with zero attached hydrogens (tertiary/aromatic N) is 3. The van der Waals surface area contributed by atoms with E-state index in [2.05, 4.69) is 9.72 Å². The van der Waals surface area contributed by atoms with Crippen molar-refractivity contribution in [3.8, 4) is 11.5 Å². The van der Waals surface area contributed by atoms with Gasteiger partial charge in [0.15, 0.2) is 11.6 Å². The summed E-state index contributed by atoms with van der Waals surface area (Å²) in [4.78, 5) is 31.9. The molecule has 0 saturated carbocycles. The van der Waals surface area contributed by atoms with Crippen molar-refractivity contribution in [3.63, 3.8) is 0 Å². The summed E-state index contributed by atoms with van der Waals surface area (Å²) in [5.41, 5.74) is 0.102. The monoisotopic (exact) mass is 385 g/mol. The second-order valence-electron chi connectivity index (χ2n) is 6.83. The van der Waals surface area contributed by atoms with Gasteiger partial charge in [0, 0.05) is 13.1 Å². The number of carbonyl (C=O) groups is 2. The average molecular weight is 385 g/mol. The molecular formula is C20H20FN3O4. The molecule has 8 heteroatoms. The molecular weight excluding hydrogens is 365 g/mol. The summed E-state index contributed by atoms with van der Waals surface area (Å²) >= 11 is 0. The van der Waals surface area contributed by atoms with Crippen LogP contribution in [0.3, 0.4) is 0 Å². The third-order valence-corrected chi connectivity index (χ3v) is 5.08. The fourth-order valence-corrected chi connectivity index (χ4v) is 3.63. The van der Waals surface area contributed by atoms with Gasteiger partial charge in [0.25, 0.3) is 0 Å². The number of esters is 1. The van der Waals surface area contributed by atoms with Gasteiger partial charge in [0.1, 0.15) is 11.6 Å². The zero-order chi connectivity index (χ0) is 19.7. The first-order chi connectivity index (χ1) is 13.6. The average Bonchev–Trinajstić information content (AvgIpc) is 3.06. The molecule has 1 aromatic carbocycles. The largest absolute Gasteiger partial charge is 0.465 e. The van der Waals surface area contributed by atoms with Crippen molar-refractivity contribution < 1.29 is 23.5 Å². The SMILES string of the molecule is COC(=O)c1ccc(Oc2ccc(N3C[C@@H]4CCCCN4C3=O)nc2)c(F)c1. The van der Waals surface area contributed by atoms with Crippen LogP contribution in [0.4, 0.5) is 15.0 Å². The lowest BCUT2D eigenvalue weighted by molar-refractivity contribution is 0.0600. The number of methoxy groups -OCH3 is 1. The van der Waals surface area contributed by atoms with Crippen molar-refractivity contribution in [2.24, 2.45) is 0 Å². The molecule has 2 aliphatic rings.